The Morgan fingerprint density at radius 3 is 2.88 bits per heavy atom. The first-order chi connectivity index (χ1) is 8.16. The predicted octanol–water partition coefficient (Wildman–Crippen LogP) is 2.43. The van der Waals surface area contributed by atoms with Gasteiger partial charge in [0.25, 0.3) is 0 Å². The molecule has 92 valence electrons. The number of furan rings is 1. The number of hydrogen-bond acceptors (Lipinski definition) is 3. The molecule has 1 N–H and O–H groups in total. The second-order valence-corrected chi connectivity index (χ2v) is 4.55. The van der Waals surface area contributed by atoms with Crippen molar-refractivity contribution in [3.8, 4) is 0 Å². The van der Waals surface area contributed by atoms with Crippen molar-refractivity contribution in [2.75, 3.05) is 0 Å². The van der Waals surface area contributed by atoms with Gasteiger partial charge in [-0.2, -0.15) is 5.10 Å². The number of hydrogen-bond donors (Lipinski definition) is 1. The highest BCUT2D eigenvalue weighted by atomic mass is 16.3. The van der Waals surface area contributed by atoms with Crippen molar-refractivity contribution in [2.24, 2.45) is 7.05 Å². The molecule has 4 heteroatoms. The van der Waals surface area contributed by atoms with Gasteiger partial charge in [0.1, 0.15) is 5.76 Å². The molecule has 0 saturated carbocycles. The van der Waals surface area contributed by atoms with Gasteiger partial charge in [-0.15, -0.1) is 0 Å². The minimum absolute atomic E-state index is 0.455. The lowest BCUT2D eigenvalue weighted by Crippen LogP contribution is -2.13. The standard InChI is InChI=1S/C13H19N3O/c1-10(2)13-11(9-16(3)15-13)7-14-8-12-5-4-6-17-12/h4-6,9-10,14H,7-8H2,1-3H3. The van der Waals surface area contributed by atoms with Gasteiger partial charge in [-0.1, -0.05) is 13.8 Å². The number of aromatic nitrogens is 2. The molecule has 0 fully saturated rings. The summed E-state index contributed by atoms with van der Waals surface area (Å²) < 4.78 is 7.15. The van der Waals surface area contributed by atoms with Crippen LogP contribution in [0.5, 0.6) is 0 Å². The second kappa shape index (κ2) is 5.19. The molecule has 0 atom stereocenters. The van der Waals surface area contributed by atoms with E-state index in [-0.39, 0.29) is 0 Å². The summed E-state index contributed by atoms with van der Waals surface area (Å²) in [6, 6.07) is 3.88. The molecule has 0 saturated heterocycles. The van der Waals surface area contributed by atoms with E-state index in [0.717, 1.165) is 18.8 Å². The van der Waals surface area contributed by atoms with Crippen LogP contribution in [-0.2, 0) is 20.1 Å². The van der Waals surface area contributed by atoms with E-state index in [4.69, 9.17) is 4.42 Å². The normalized spacial score (nSPS) is 11.3. The van der Waals surface area contributed by atoms with Crippen molar-refractivity contribution in [2.45, 2.75) is 32.9 Å². The summed E-state index contributed by atoms with van der Waals surface area (Å²) in [5, 5.41) is 7.84. The van der Waals surface area contributed by atoms with Crippen molar-refractivity contribution in [3.05, 3.63) is 41.6 Å². The smallest absolute Gasteiger partial charge is 0.117 e. The first-order valence-electron chi connectivity index (χ1n) is 5.92. The summed E-state index contributed by atoms with van der Waals surface area (Å²) in [5.41, 5.74) is 2.42. The maximum atomic E-state index is 5.27. The fourth-order valence-electron chi connectivity index (χ4n) is 1.91. The summed E-state index contributed by atoms with van der Waals surface area (Å²) >= 11 is 0. The molecule has 2 aromatic rings. The van der Waals surface area contributed by atoms with Crippen molar-refractivity contribution < 1.29 is 4.42 Å². The van der Waals surface area contributed by atoms with Gasteiger partial charge in [0, 0.05) is 25.4 Å². The minimum atomic E-state index is 0.455. The molecule has 0 radical (unpaired) electrons. The van der Waals surface area contributed by atoms with E-state index >= 15 is 0 Å². The molecule has 0 aliphatic rings. The zero-order valence-corrected chi connectivity index (χ0v) is 10.6. The summed E-state index contributed by atoms with van der Waals surface area (Å²) in [6.07, 6.45) is 3.77. The zero-order chi connectivity index (χ0) is 12.3. The molecular weight excluding hydrogens is 214 g/mol. The molecule has 0 unspecified atom stereocenters. The van der Waals surface area contributed by atoms with E-state index in [0.29, 0.717) is 5.92 Å². The number of rotatable bonds is 5. The van der Waals surface area contributed by atoms with E-state index in [9.17, 15) is 0 Å². The first-order valence-corrected chi connectivity index (χ1v) is 5.92. The van der Waals surface area contributed by atoms with Crippen molar-refractivity contribution in [1.29, 1.82) is 0 Å². The Balaban J connectivity index is 1.94. The second-order valence-electron chi connectivity index (χ2n) is 4.55. The lowest BCUT2D eigenvalue weighted by molar-refractivity contribution is 0.482. The third-order valence-corrected chi connectivity index (χ3v) is 2.68. The minimum Gasteiger partial charge on any atom is -0.468 e. The number of nitrogens with zero attached hydrogens (tertiary/aromatic N) is 2. The topological polar surface area (TPSA) is 43.0 Å². The van der Waals surface area contributed by atoms with Crippen LogP contribution in [0.3, 0.4) is 0 Å². The van der Waals surface area contributed by atoms with Crippen molar-refractivity contribution >= 4 is 0 Å². The maximum Gasteiger partial charge on any atom is 0.117 e. The van der Waals surface area contributed by atoms with Crippen LogP contribution in [0.2, 0.25) is 0 Å². The maximum absolute atomic E-state index is 5.27. The molecule has 0 aliphatic heterocycles. The highest BCUT2D eigenvalue weighted by Gasteiger charge is 2.10. The zero-order valence-electron chi connectivity index (χ0n) is 10.6. The third-order valence-electron chi connectivity index (χ3n) is 2.68. The van der Waals surface area contributed by atoms with Crippen molar-refractivity contribution in [1.82, 2.24) is 15.1 Å². The fraction of sp³-hybridized carbons (Fsp3) is 0.462. The average molecular weight is 233 g/mol. The summed E-state index contributed by atoms with van der Waals surface area (Å²) in [4.78, 5) is 0. The van der Waals surface area contributed by atoms with Crippen LogP contribution in [0.1, 0.15) is 36.8 Å². The van der Waals surface area contributed by atoms with Crippen LogP contribution in [-0.4, -0.2) is 9.78 Å². The van der Waals surface area contributed by atoms with Crippen LogP contribution in [0.15, 0.2) is 29.0 Å². The SMILES string of the molecule is CC(C)c1nn(C)cc1CNCc1ccco1. The van der Waals surface area contributed by atoms with E-state index < -0.39 is 0 Å². The Morgan fingerprint density at radius 1 is 1.41 bits per heavy atom. The quantitative estimate of drug-likeness (QED) is 0.862. The van der Waals surface area contributed by atoms with E-state index in [1.807, 2.05) is 23.9 Å². The Labute approximate surface area is 102 Å². The van der Waals surface area contributed by atoms with Crippen LogP contribution in [0, 0.1) is 0 Å². The van der Waals surface area contributed by atoms with Gasteiger partial charge < -0.3 is 9.73 Å². The Kier molecular flexibility index (Phi) is 3.64. The molecule has 0 amide bonds. The lowest BCUT2D eigenvalue weighted by Gasteiger charge is -2.05. The Hall–Kier alpha value is -1.55. The Bertz CT molecular complexity index is 457. The molecule has 2 heterocycles. The number of nitrogens with one attached hydrogen (secondary N) is 1. The molecule has 0 aromatic carbocycles. The monoisotopic (exact) mass is 233 g/mol. The largest absolute Gasteiger partial charge is 0.468 e. The van der Waals surface area contributed by atoms with E-state index in [2.05, 4.69) is 30.5 Å². The summed E-state index contributed by atoms with van der Waals surface area (Å²) in [6.45, 7) is 5.90. The van der Waals surface area contributed by atoms with Gasteiger partial charge in [0.05, 0.1) is 18.5 Å². The predicted molar refractivity (Wildman–Crippen MR) is 66.5 cm³/mol. The van der Waals surface area contributed by atoms with Gasteiger partial charge in [-0.05, 0) is 18.1 Å². The molecular formula is C13H19N3O. The first kappa shape index (κ1) is 11.9. The van der Waals surface area contributed by atoms with Crippen LogP contribution in [0.25, 0.3) is 0 Å². The highest BCUT2D eigenvalue weighted by molar-refractivity contribution is 5.20. The molecule has 2 aromatic heterocycles. The molecule has 4 nitrogen and oxygen atoms in total. The summed E-state index contributed by atoms with van der Waals surface area (Å²) in [7, 11) is 1.96. The van der Waals surface area contributed by atoms with Gasteiger partial charge in [-0.25, -0.2) is 0 Å². The third kappa shape index (κ3) is 2.97. The molecule has 0 aliphatic carbocycles. The van der Waals surface area contributed by atoms with Crippen LogP contribution in [0.4, 0.5) is 0 Å². The van der Waals surface area contributed by atoms with Crippen molar-refractivity contribution in [3.63, 3.8) is 0 Å². The fourth-order valence-corrected chi connectivity index (χ4v) is 1.91. The van der Waals surface area contributed by atoms with E-state index in [1.54, 1.807) is 6.26 Å². The highest BCUT2D eigenvalue weighted by Crippen LogP contribution is 2.17. The molecule has 0 spiro atoms. The van der Waals surface area contributed by atoms with Gasteiger partial charge in [-0.3, -0.25) is 4.68 Å². The molecule has 17 heavy (non-hydrogen) atoms. The van der Waals surface area contributed by atoms with Crippen LogP contribution >= 0.6 is 0 Å². The molecule has 2 rings (SSSR count). The van der Waals surface area contributed by atoms with Gasteiger partial charge >= 0.3 is 0 Å². The van der Waals surface area contributed by atoms with Crippen LogP contribution < -0.4 is 5.32 Å². The lowest BCUT2D eigenvalue weighted by atomic mass is 10.1. The van der Waals surface area contributed by atoms with E-state index in [1.165, 1.54) is 11.3 Å². The molecule has 0 bridgehead atoms. The Morgan fingerprint density at radius 2 is 2.24 bits per heavy atom. The average Bonchev–Trinajstić information content (AvgIpc) is 2.88. The van der Waals surface area contributed by atoms with Gasteiger partial charge in [0.15, 0.2) is 0 Å². The number of aryl methyl sites for hydroxylation is 1. The summed E-state index contributed by atoms with van der Waals surface area (Å²) in [5.74, 6) is 1.41. The van der Waals surface area contributed by atoms with Gasteiger partial charge in [0.2, 0.25) is 0 Å².